The number of alkyl halides is 13. The van der Waals surface area contributed by atoms with Gasteiger partial charge in [-0.15, -0.1) is 0 Å². The quantitative estimate of drug-likeness (QED) is 0.239. The highest BCUT2D eigenvalue weighted by atomic mass is 19.4. The summed E-state index contributed by atoms with van der Waals surface area (Å²) in [6, 6.07) is 6.50. The second-order valence-electron chi connectivity index (χ2n) is 8.72. The van der Waals surface area contributed by atoms with Crippen LogP contribution in [-0.4, -0.2) is 41.0 Å². The van der Waals surface area contributed by atoms with Crippen LogP contribution in [0.2, 0.25) is 0 Å². The molecule has 0 aliphatic heterocycles. The molecule has 0 radical (unpaired) electrons. The molecule has 0 bridgehead atoms. The van der Waals surface area contributed by atoms with E-state index in [1.165, 1.54) is 12.1 Å². The minimum Gasteiger partial charge on any atom is -0.457 e. The fourth-order valence-electron chi connectivity index (χ4n) is 3.57. The van der Waals surface area contributed by atoms with Crippen molar-refractivity contribution in [3.8, 4) is 11.5 Å². The normalized spacial score (nSPS) is 14.9. The lowest BCUT2D eigenvalue weighted by Crippen LogP contribution is -2.50. The Hall–Kier alpha value is -3.60. The zero-order chi connectivity index (χ0) is 31.7. The molecule has 0 saturated heterocycles. The van der Waals surface area contributed by atoms with Crippen molar-refractivity contribution in [2.45, 2.75) is 42.5 Å². The van der Waals surface area contributed by atoms with Crippen molar-refractivity contribution in [1.29, 1.82) is 0 Å². The summed E-state index contributed by atoms with van der Waals surface area (Å²) in [5, 5.41) is 11.6. The molecule has 230 valence electrons. The van der Waals surface area contributed by atoms with Crippen LogP contribution < -0.4 is 10.1 Å². The molecule has 1 unspecified atom stereocenters. The molecule has 17 heteroatoms. The minimum absolute atomic E-state index is 0.157. The van der Waals surface area contributed by atoms with Gasteiger partial charge >= 0.3 is 30.4 Å². The average Bonchev–Trinajstić information content (AvgIpc) is 2.87. The van der Waals surface area contributed by atoms with Crippen LogP contribution in [-0.2, 0) is 12.1 Å². The van der Waals surface area contributed by atoms with Gasteiger partial charge < -0.3 is 15.2 Å². The van der Waals surface area contributed by atoms with Crippen LogP contribution in [0.3, 0.4) is 0 Å². The summed E-state index contributed by atoms with van der Waals surface area (Å²) in [4.78, 5) is 3.14. The summed E-state index contributed by atoms with van der Waals surface area (Å²) in [6.07, 6.45) is -18.9. The number of hydrogen-bond acceptors (Lipinski definition) is 4. The second kappa shape index (κ2) is 11.6. The molecular weight excluding hydrogens is 607 g/mol. The smallest absolute Gasteiger partial charge is 0.457 e. The van der Waals surface area contributed by atoms with Crippen molar-refractivity contribution in [2.75, 3.05) is 6.54 Å². The SMILES string of the molecule is O[C@H](CNC(c1cccc(Oc2ccnc(C(F)(F)F)c2)c1)c1cccc(C(F)(F)C(F)(F)C(F)(F)F)c1)C(F)(F)F. The Morgan fingerprint density at radius 1 is 0.738 bits per heavy atom. The molecule has 0 aliphatic carbocycles. The van der Waals surface area contributed by atoms with E-state index in [0.29, 0.717) is 12.1 Å². The van der Waals surface area contributed by atoms with Crippen molar-refractivity contribution in [3.63, 3.8) is 0 Å². The van der Waals surface area contributed by atoms with Gasteiger partial charge in [-0.05, 0) is 35.4 Å². The van der Waals surface area contributed by atoms with Gasteiger partial charge in [-0.3, -0.25) is 4.98 Å². The van der Waals surface area contributed by atoms with Gasteiger partial charge in [0.15, 0.2) is 6.10 Å². The average molecular weight is 624 g/mol. The number of nitrogens with one attached hydrogen (secondary N) is 1. The number of aliphatic hydroxyl groups excluding tert-OH is 1. The van der Waals surface area contributed by atoms with Gasteiger partial charge in [-0.2, -0.15) is 57.1 Å². The van der Waals surface area contributed by atoms with E-state index in [0.717, 1.165) is 30.5 Å². The zero-order valence-electron chi connectivity index (χ0n) is 20.4. The standard InChI is InChI=1S/C25H17F13N2O2/c26-21(27,24(34,35)25(36,37)38)15-5-1-3-13(9-15)20(40-12-19(41)23(31,32)33)14-4-2-6-16(10-14)42-17-7-8-39-18(11-17)22(28,29)30/h1-11,19-20,40-41H,12H2/t19-,20?/m1/s1. The molecule has 3 rings (SSSR count). The molecule has 2 aromatic carbocycles. The molecule has 1 heterocycles. The molecule has 0 fully saturated rings. The van der Waals surface area contributed by atoms with Crippen LogP contribution in [0.25, 0.3) is 0 Å². The highest BCUT2D eigenvalue weighted by molar-refractivity contribution is 5.41. The lowest BCUT2D eigenvalue weighted by Gasteiger charge is -2.29. The topological polar surface area (TPSA) is 54.4 Å². The van der Waals surface area contributed by atoms with E-state index in [4.69, 9.17) is 4.74 Å². The van der Waals surface area contributed by atoms with Crippen LogP contribution in [0.1, 0.15) is 28.4 Å². The molecule has 2 atom stereocenters. The molecule has 0 amide bonds. The van der Waals surface area contributed by atoms with E-state index in [1.54, 1.807) is 0 Å². The zero-order valence-corrected chi connectivity index (χ0v) is 20.4. The van der Waals surface area contributed by atoms with Gasteiger partial charge in [-0.25, -0.2) is 0 Å². The number of halogens is 13. The Labute approximate surface area is 227 Å². The van der Waals surface area contributed by atoms with Crippen molar-refractivity contribution in [2.24, 2.45) is 0 Å². The molecule has 3 aromatic rings. The number of ether oxygens (including phenoxy) is 1. The summed E-state index contributed by atoms with van der Waals surface area (Å²) in [7, 11) is 0. The number of aliphatic hydroxyl groups is 1. The predicted molar refractivity (Wildman–Crippen MR) is 119 cm³/mol. The number of pyridine rings is 1. The first kappa shape index (κ1) is 32.9. The molecule has 0 saturated carbocycles. The Morgan fingerprint density at radius 3 is 1.88 bits per heavy atom. The monoisotopic (exact) mass is 624 g/mol. The minimum atomic E-state index is -6.66. The van der Waals surface area contributed by atoms with Crippen molar-refractivity contribution < 1.29 is 66.9 Å². The maximum Gasteiger partial charge on any atom is 0.460 e. The number of aromatic nitrogens is 1. The Balaban J connectivity index is 2.04. The molecule has 42 heavy (non-hydrogen) atoms. The lowest BCUT2D eigenvalue weighted by molar-refractivity contribution is -0.359. The third-order valence-corrected chi connectivity index (χ3v) is 5.68. The Morgan fingerprint density at radius 2 is 1.31 bits per heavy atom. The molecule has 2 N–H and O–H groups in total. The first-order valence-corrected chi connectivity index (χ1v) is 11.4. The molecule has 0 aliphatic rings. The molecule has 4 nitrogen and oxygen atoms in total. The van der Waals surface area contributed by atoms with E-state index in [-0.39, 0.29) is 29.2 Å². The number of rotatable bonds is 9. The molecule has 1 aromatic heterocycles. The van der Waals surface area contributed by atoms with E-state index in [1.807, 2.05) is 0 Å². The fourth-order valence-corrected chi connectivity index (χ4v) is 3.57. The van der Waals surface area contributed by atoms with Crippen molar-refractivity contribution >= 4 is 0 Å². The van der Waals surface area contributed by atoms with Gasteiger partial charge in [0, 0.05) is 24.4 Å². The number of benzene rings is 2. The van der Waals surface area contributed by atoms with Gasteiger partial charge in [0.2, 0.25) is 0 Å². The van der Waals surface area contributed by atoms with E-state index in [9.17, 15) is 62.2 Å². The molecular formula is C25H17F13N2O2. The van der Waals surface area contributed by atoms with Gasteiger partial charge in [-0.1, -0.05) is 30.3 Å². The predicted octanol–water partition coefficient (Wildman–Crippen LogP) is 7.78. The maximum atomic E-state index is 14.4. The van der Waals surface area contributed by atoms with Gasteiger partial charge in [0.1, 0.15) is 17.2 Å². The highest BCUT2D eigenvalue weighted by Crippen LogP contribution is 2.52. The van der Waals surface area contributed by atoms with Crippen LogP contribution in [0.15, 0.2) is 66.9 Å². The largest absolute Gasteiger partial charge is 0.460 e. The maximum absolute atomic E-state index is 14.4. The van der Waals surface area contributed by atoms with Crippen LogP contribution >= 0.6 is 0 Å². The summed E-state index contributed by atoms with van der Waals surface area (Å²) < 4.78 is 177. The number of hydrogen-bond donors (Lipinski definition) is 2. The van der Waals surface area contributed by atoms with E-state index in [2.05, 4.69) is 10.3 Å². The van der Waals surface area contributed by atoms with Gasteiger partial charge in [0.25, 0.3) is 0 Å². The first-order valence-electron chi connectivity index (χ1n) is 11.4. The van der Waals surface area contributed by atoms with E-state index < -0.39 is 65.9 Å². The first-order chi connectivity index (χ1) is 19.1. The Kier molecular flexibility index (Phi) is 9.08. The van der Waals surface area contributed by atoms with Gasteiger partial charge in [0.05, 0.1) is 6.04 Å². The summed E-state index contributed by atoms with van der Waals surface area (Å²) in [5.74, 6) is -13.0. The van der Waals surface area contributed by atoms with Crippen LogP contribution in [0, 0.1) is 0 Å². The third-order valence-electron chi connectivity index (χ3n) is 5.68. The van der Waals surface area contributed by atoms with Crippen LogP contribution in [0.4, 0.5) is 57.1 Å². The van der Waals surface area contributed by atoms with Crippen molar-refractivity contribution in [3.05, 3.63) is 89.2 Å². The third kappa shape index (κ3) is 7.24. The Bertz CT molecular complexity index is 1370. The lowest BCUT2D eigenvalue weighted by atomic mass is 9.93. The summed E-state index contributed by atoms with van der Waals surface area (Å²) in [5.41, 5.74) is -3.84. The summed E-state index contributed by atoms with van der Waals surface area (Å²) in [6.45, 7) is -1.29. The summed E-state index contributed by atoms with van der Waals surface area (Å²) >= 11 is 0. The second-order valence-corrected chi connectivity index (χ2v) is 8.72. The van der Waals surface area contributed by atoms with E-state index >= 15 is 0 Å². The number of nitrogens with zero attached hydrogens (tertiary/aromatic N) is 1. The molecule has 0 spiro atoms. The van der Waals surface area contributed by atoms with Crippen LogP contribution in [0.5, 0.6) is 11.5 Å². The van der Waals surface area contributed by atoms with Crippen molar-refractivity contribution in [1.82, 2.24) is 10.3 Å². The fraction of sp³-hybridized carbons (Fsp3) is 0.320. The highest BCUT2D eigenvalue weighted by Gasteiger charge is 2.73.